The summed E-state index contributed by atoms with van der Waals surface area (Å²) in [4.78, 5) is 28.1. The zero-order valence-electron chi connectivity index (χ0n) is 20.1. The molecule has 1 fully saturated rings. The second-order valence-corrected chi connectivity index (χ2v) is 8.74. The average Bonchev–Trinajstić information content (AvgIpc) is 3.13. The first-order valence-electron chi connectivity index (χ1n) is 11.7. The van der Waals surface area contributed by atoms with Gasteiger partial charge in [-0.3, -0.25) is 14.5 Å². The van der Waals surface area contributed by atoms with Crippen LogP contribution in [0.2, 0.25) is 0 Å². The minimum Gasteiger partial charge on any atom is -0.507 e. The molecule has 1 unspecified atom stereocenters. The number of rotatable bonds is 8. The Morgan fingerprint density at radius 2 is 1.60 bits per heavy atom. The van der Waals surface area contributed by atoms with E-state index in [4.69, 9.17) is 9.47 Å². The van der Waals surface area contributed by atoms with Crippen molar-refractivity contribution in [2.45, 2.75) is 26.8 Å². The fourth-order valence-corrected chi connectivity index (χ4v) is 4.09. The van der Waals surface area contributed by atoms with E-state index in [0.717, 1.165) is 0 Å². The summed E-state index contributed by atoms with van der Waals surface area (Å²) in [6.45, 7) is 6.97. The summed E-state index contributed by atoms with van der Waals surface area (Å²) in [7, 11) is 0. The van der Waals surface area contributed by atoms with E-state index in [2.05, 4.69) is 0 Å². The Kier molecular flexibility index (Phi) is 7.20. The van der Waals surface area contributed by atoms with Gasteiger partial charge in [-0.2, -0.15) is 0 Å². The van der Waals surface area contributed by atoms with E-state index in [-0.39, 0.29) is 11.3 Å². The third-order valence-corrected chi connectivity index (χ3v) is 5.66. The number of hydrogen-bond acceptors (Lipinski definition) is 5. The van der Waals surface area contributed by atoms with Crippen molar-refractivity contribution in [1.82, 2.24) is 0 Å². The summed E-state index contributed by atoms with van der Waals surface area (Å²) < 4.78 is 11.4. The molecular formula is C29H29NO5. The van der Waals surface area contributed by atoms with Gasteiger partial charge < -0.3 is 14.6 Å². The van der Waals surface area contributed by atoms with Crippen molar-refractivity contribution in [2.24, 2.45) is 5.92 Å². The van der Waals surface area contributed by atoms with Crippen molar-refractivity contribution in [3.8, 4) is 11.5 Å². The van der Waals surface area contributed by atoms with Gasteiger partial charge in [-0.05, 0) is 42.7 Å². The predicted octanol–water partition coefficient (Wildman–Crippen LogP) is 5.75. The standard InChI is InChI=1S/C29H29NO5/c1-4-34-24-15-9-13-22(17-24)30-26(20-10-6-5-7-11-20)25(28(32)29(30)33)27(31)21-12-8-14-23(16-21)35-18-19(2)3/h5-17,19,26,31H,4,18H2,1-3H3/b27-25+. The van der Waals surface area contributed by atoms with Crippen LogP contribution in [0.4, 0.5) is 5.69 Å². The second-order valence-electron chi connectivity index (χ2n) is 8.74. The highest BCUT2D eigenvalue weighted by molar-refractivity contribution is 6.51. The fraction of sp³-hybridized carbons (Fsp3) is 0.241. The number of benzene rings is 3. The minimum absolute atomic E-state index is 0.0315. The molecule has 35 heavy (non-hydrogen) atoms. The van der Waals surface area contributed by atoms with Crippen LogP contribution in [0.5, 0.6) is 11.5 Å². The maximum atomic E-state index is 13.3. The number of carbonyl (C=O) groups excluding carboxylic acids is 2. The van der Waals surface area contributed by atoms with Crippen LogP contribution in [0.25, 0.3) is 5.76 Å². The number of carbonyl (C=O) groups is 2. The van der Waals surface area contributed by atoms with Crippen LogP contribution in [-0.2, 0) is 9.59 Å². The maximum absolute atomic E-state index is 13.3. The van der Waals surface area contributed by atoms with Gasteiger partial charge in [-0.15, -0.1) is 0 Å². The number of aliphatic hydroxyl groups is 1. The largest absolute Gasteiger partial charge is 0.507 e. The van der Waals surface area contributed by atoms with E-state index < -0.39 is 17.7 Å². The zero-order chi connectivity index (χ0) is 24.9. The lowest BCUT2D eigenvalue weighted by Gasteiger charge is -2.25. The maximum Gasteiger partial charge on any atom is 0.300 e. The van der Waals surface area contributed by atoms with Gasteiger partial charge in [0.2, 0.25) is 0 Å². The van der Waals surface area contributed by atoms with Gasteiger partial charge in [-0.25, -0.2) is 0 Å². The van der Waals surface area contributed by atoms with Crippen molar-refractivity contribution in [2.75, 3.05) is 18.1 Å². The fourth-order valence-electron chi connectivity index (χ4n) is 4.09. The molecule has 1 aliphatic rings. The molecule has 6 heteroatoms. The van der Waals surface area contributed by atoms with Gasteiger partial charge in [0, 0.05) is 17.3 Å². The van der Waals surface area contributed by atoms with E-state index in [1.54, 1.807) is 48.5 Å². The molecule has 1 saturated heterocycles. The van der Waals surface area contributed by atoms with Gasteiger partial charge in [0.05, 0.1) is 24.8 Å². The molecule has 1 atom stereocenters. The SMILES string of the molecule is CCOc1cccc(N2C(=O)C(=O)/C(=C(/O)c3cccc(OCC(C)C)c3)C2c2ccccc2)c1. The highest BCUT2D eigenvalue weighted by Gasteiger charge is 2.47. The van der Waals surface area contributed by atoms with Gasteiger partial charge in [0.25, 0.3) is 11.7 Å². The summed E-state index contributed by atoms with van der Waals surface area (Å²) in [5, 5.41) is 11.3. The number of aliphatic hydroxyl groups excluding tert-OH is 1. The average molecular weight is 472 g/mol. The summed E-state index contributed by atoms with van der Waals surface area (Å²) in [5.41, 5.74) is 1.67. The van der Waals surface area contributed by atoms with Gasteiger partial charge in [-0.1, -0.05) is 62.4 Å². The van der Waals surface area contributed by atoms with Crippen molar-refractivity contribution < 1.29 is 24.2 Å². The third kappa shape index (κ3) is 5.06. The van der Waals surface area contributed by atoms with Crippen LogP contribution < -0.4 is 14.4 Å². The van der Waals surface area contributed by atoms with Gasteiger partial charge in [0.15, 0.2) is 0 Å². The molecule has 0 radical (unpaired) electrons. The molecule has 3 aromatic rings. The topological polar surface area (TPSA) is 76.1 Å². The Balaban J connectivity index is 1.84. The molecule has 0 bridgehead atoms. The lowest BCUT2D eigenvalue weighted by Crippen LogP contribution is -2.29. The molecule has 1 amide bonds. The summed E-state index contributed by atoms with van der Waals surface area (Å²) in [6.07, 6.45) is 0. The molecule has 1 N–H and O–H groups in total. The van der Waals surface area contributed by atoms with Crippen molar-refractivity contribution >= 4 is 23.1 Å². The third-order valence-electron chi connectivity index (χ3n) is 5.66. The van der Waals surface area contributed by atoms with Crippen molar-refractivity contribution in [1.29, 1.82) is 0 Å². The number of hydrogen-bond donors (Lipinski definition) is 1. The number of ether oxygens (including phenoxy) is 2. The smallest absolute Gasteiger partial charge is 0.300 e. The number of Topliss-reactive ketones (excluding diaryl/α,β-unsaturated/α-hetero) is 1. The molecule has 0 spiro atoms. The van der Waals surface area contributed by atoms with E-state index in [1.807, 2.05) is 51.1 Å². The Labute approximate surface area is 205 Å². The first kappa shape index (κ1) is 24.1. The van der Waals surface area contributed by atoms with Crippen molar-refractivity contribution in [3.05, 3.63) is 95.6 Å². The normalized spacial score (nSPS) is 17.1. The monoisotopic (exact) mass is 471 g/mol. The quantitative estimate of drug-likeness (QED) is 0.257. The Hall–Kier alpha value is -4.06. The lowest BCUT2D eigenvalue weighted by molar-refractivity contribution is -0.132. The molecule has 3 aromatic carbocycles. The lowest BCUT2D eigenvalue weighted by atomic mass is 9.95. The van der Waals surface area contributed by atoms with Crippen LogP contribution in [0.3, 0.4) is 0 Å². The molecular weight excluding hydrogens is 442 g/mol. The van der Waals surface area contributed by atoms with Gasteiger partial charge in [0.1, 0.15) is 17.3 Å². The molecule has 6 nitrogen and oxygen atoms in total. The predicted molar refractivity (Wildman–Crippen MR) is 136 cm³/mol. The number of ketones is 1. The summed E-state index contributed by atoms with van der Waals surface area (Å²) >= 11 is 0. The molecule has 1 heterocycles. The number of amides is 1. The zero-order valence-corrected chi connectivity index (χ0v) is 20.1. The van der Waals surface area contributed by atoms with Crippen molar-refractivity contribution in [3.63, 3.8) is 0 Å². The van der Waals surface area contributed by atoms with E-state index in [0.29, 0.717) is 47.4 Å². The molecule has 0 aliphatic carbocycles. The van der Waals surface area contributed by atoms with Gasteiger partial charge >= 0.3 is 0 Å². The minimum atomic E-state index is -0.798. The highest BCUT2D eigenvalue weighted by atomic mass is 16.5. The molecule has 1 aliphatic heterocycles. The van der Waals surface area contributed by atoms with Crippen LogP contribution in [0.15, 0.2) is 84.4 Å². The Bertz CT molecular complexity index is 1250. The summed E-state index contributed by atoms with van der Waals surface area (Å²) in [5.74, 6) is -0.182. The van der Waals surface area contributed by atoms with Crippen LogP contribution in [-0.4, -0.2) is 30.0 Å². The second kappa shape index (κ2) is 10.5. The van der Waals surface area contributed by atoms with E-state index >= 15 is 0 Å². The van der Waals surface area contributed by atoms with Crippen LogP contribution in [0, 0.1) is 5.92 Å². The number of anilines is 1. The first-order chi connectivity index (χ1) is 16.9. The Morgan fingerprint density at radius 3 is 2.29 bits per heavy atom. The Morgan fingerprint density at radius 1 is 0.914 bits per heavy atom. The summed E-state index contributed by atoms with van der Waals surface area (Å²) in [6, 6.07) is 22.4. The van der Waals surface area contributed by atoms with Crippen LogP contribution >= 0.6 is 0 Å². The first-order valence-corrected chi connectivity index (χ1v) is 11.7. The highest BCUT2D eigenvalue weighted by Crippen LogP contribution is 2.43. The van der Waals surface area contributed by atoms with Crippen LogP contribution in [0.1, 0.15) is 37.9 Å². The molecule has 0 saturated carbocycles. The number of nitrogens with zero attached hydrogens (tertiary/aromatic N) is 1. The molecule has 180 valence electrons. The van der Waals surface area contributed by atoms with E-state index in [1.165, 1.54) is 4.90 Å². The van der Waals surface area contributed by atoms with E-state index in [9.17, 15) is 14.7 Å². The molecule has 0 aromatic heterocycles. The molecule has 4 rings (SSSR count).